The highest BCUT2D eigenvalue weighted by Crippen LogP contribution is 2.26. The van der Waals surface area contributed by atoms with Gasteiger partial charge in [0.05, 0.1) is 5.04 Å². The molecule has 1 aliphatic heterocycles. The van der Waals surface area contributed by atoms with E-state index in [9.17, 15) is 0 Å². The molecule has 86 valence electrons. The molecule has 0 saturated heterocycles. The zero-order chi connectivity index (χ0) is 10.9. The van der Waals surface area contributed by atoms with Gasteiger partial charge in [-0.05, 0) is 19.3 Å². The Kier molecular flexibility index (Phi) is 6.82. The van der Waals surface area contributed by atoms with Gasteiger partial charge in [0.2, 0.25) is 0 Å². The van der Waals surface area contributed by atoms with Crippen LogP contribution < -0.4 is 0 Å². The third-order valence-corrected chi connectivity index (χ3v) is 3.92. The van der Waals surface area contributed by atoms with Gasteiger partial charge in [0.15, 0.2) is 0 Å². The monoisotopic (exact) mass is 225 g/mol. The Bertz CT molecular complexity index is 221. The molecule has 0 spiro atoms. The lowest BCUT2D eigenvalue weighted by atomic mass is 10.1. The van der Waals surface area contributed by atoms with Crippen LogP contribution in [0, 0.1) is 0 Å². The lowest BCUT2D eigenvalue weighted by Crippen LogP contribution is -2.07. The highest BCUT2D eigenvalue weighted by Gasteiger charge is 2.12. The molecule has 0 aromatic rings. The third-order valence-electron chi connectivity index (χ3n) is 2.64. The van der Waals surface area contributed by atoms with Gasteiger partial charge < -0.3 is 0 Å². The van der Waals surface area contributed by atoms with E-state index in [-0.39, 0.29) is 0 Å². The molecule has 0 N–H and O–H groups in total. The molecule has 0 aliphatic carbocycles. The fourth-order valence-electron chi connectivity index (χ4n) is 1.67. The first-order valence-electron chi connectivity index (χ1n) is 6.26. The van der Waals surface area contributed by atoms with Gasteiger partial charge in [0, 0.05) is 11.4 Å². The van der Waals surface area contributed by atoms with Crippen molar-refractivity contribution in [2.75, 3.05) is 0 Å². The summed E-state index contributed by atoms with van der Waals surface area (Å²) in [6.45, 7) is 4.50. The number of unbranched alkanes of at least 4 members (excludes halogenated alkanes) is 3. The normalized spacial score (nSPS) is 20.4. The smallest absolute Gasteiger partial charge is 0.0736 e. The molecule has 1 aliphatic rings. The molecule has 1 atom stereocenters. The molecule has 0 saturated carbocycles. The average Bonchev–Trinajstić information content (AvgIpc) is 2.27. The van der Waals surface area contributed by atoms with Crippen molar-refractivity contribution in [3.63, 3.8) is 0 Å². The molecule has 0 aromatic heterocycles. The molecular weight excluding hydrogens is 202 g/mol. The summed E-state index contributed by atoms with van der Waals surface area (Å²) in [4.78, 5) is 4.44. The summed E-state index contributed by atoms with van der Waals surface area (Å²) in [7, 11) is 0. The number of thioether (sulfide) groups is 1. The molecule has 1 unspecified atom stereocenters. The van der Waals surface area contributed by atoms with Gasteiger partial charge in [-0.15, -0.1) is 11.8 Å². The molecule has 1 nitrogen and oxygen atoms in total. The van der Waals surface area contributed by atoms with Crippen LogP contribution in [0.3, 0.4) is 0 Å². The van der Waals surface area contributed by atoms with Crippen LogP contribution in [0.2, 0.25) is 0 Å². The lowest BCUT2D eigenvalue weighted by Gasteiger charge is -2.16. The molecule has 2 heteroatoms. The van der Waals surface area contributed by atoms with Gasteiger partial charge in [-0.25, -0.2) is 0 Å². The van der Waals surface area contributed by atoms with Crippen LogP contribution in [0.1, 0.15) is 58.8 Å². The molecule has 0 bridgehead atoms. The Balaban J connectivity index is 2.22. The highest BCUT2D eigenvalue weighted by molar-refractivity contribution is 8.14. The molecule has 0 fully saturated rings. The lowest BCUT2D eigenvalue weighted by molar-refractivity contribution is 0.680. The Labute approximate surface area is 98.4 Å². The summed E-state index contributed by atoms with van der Waals surface area (Å²) in [6.07, 6.45) is 13.4. The zero-order valence-electron chi connectivity index (χ0n) is 10.0. The Morgan fingerprint density at radius 3 is 2.73 bits per heavy atom. The van der Waals surface area contributed by atoms with Crippen molar-refractivity contribution in [2.45, 2.75) is 64.0 Å². The molecule has 0 radical (unpaired) electrons. The van der Waals surface area contributed by atoms with E-state index < -0.39 is 0 Å². The fraction of sp³-hybridized carbons (Fsp3) is 0.769. The molecular formula is C13H23NS. The number of aliphatic imine (C=N–C) groups is 1. The number of nitrogens with zero attached hydrogens (tertiary/aromatic N) is 1. The maximum atomic E-state index is 4.44. The fourth-order valence-corrected chi connectivity index (χ4v) is 2.84. The summed E-state index contributed by atoms with van der Waals surface area (Å²) in [5.74, 6) is 0. The van der Waals surface area contributed by atoms with Crippen molar-refractivity contribution in [1.82, 2.24) is 0 Å². The first-order valence-corrected chi connectivity index (χ1v) is 7.14. The van der Waals surface area contributed by atoms with Crippen LogP contribution >= 0.6 is 11.8 Å². The van der Waals surface area contributed by atoms with Crippen LogP contribution in [0.25, 0.3) is 0 Å². The first kappa shape index (κ1) is 12.8. The Morgan fingerprint density at radius 1 is 1.20 bits per heavy atom. The van der Waals surface area contributed by atoms with E-state index in [0.29, 0.717) is 5.25 Å². The second-order valence-electron chi connectivity index (χ2n) is 4.12. The summed E-state index contributed by atoms with van der Waals surface area (Å²) in [5, 5.41) is 2.04. The second kappa shape index (κ2) is 7.98. The first-order chi connectivity index (χ1) is 7.36. The van der Waals surface area contributed by atoms with E-state index in [1.807, 2.05) is 18.0 Å². The van der Waals surface area contributed by atoms with E-state index in [2.05, 4.69) is 24.9 Å². The van der Waals surface area contributed by atoms with Crippen molar-refractivity contribution in [1.29, 1.82) is 0 Å². The molecule has 1 rings (SSSR count). The van der Waals surface area contributed by atoms with Crippen molar-refractivity contribution >= 4 is 16.8 Å². The van der Waals surface area contributed by atoms with Crippen LogP contribution in [0.15, 0.2) is 17.3 Å². The van der Waals surface area contributed by atoms with E-state index in [0.717, 1.165) is 0 Å². The number of hydrogen-bond donors (Lipinski definition) is 0. The van der Waals surface area contributed by atoms with Crippen LogP contribution in [-0.2, 0) is 0 Å². The zero-order valence-corrected chi connectivity index (χ0v) is 10.9. The maximum Gasteiger partial charge on any atom is 0.0736 e. The van der Waals surface area contributed by atoms with Gasteiger partial charge in [-0.1, -0.05) is 45.6 Å². The SMILES string of the molecule is CCCCCC1C=CN=C(CCCC)S1. The number of rotatable bonds is 7. The van der Waals surface area contributed by atoms with Crippen molar-refractivity contribution < 1.29 is 0 Å². The average molecular weight is 225 g/mol. The van der Waals surface area contributed by atoms with Crippen LogP contribution in [0.4, 0.5) is 0 Å². The standard InChI is InChI=1S/C13H23NS/c1-3-5-7-8-12-10-11-14-13(15-12)9-6-4-2/h10-12H,3-9H2,1-2H3. The molecule has 0 amide bonds. The number of hydrogen-bond acceptors (Lipinski definition) is 2. The molecule has 0 aromatic carbocycles. The van der Waals surface area contributed by atoms with Crippen molar-refractivity contribution in [3.8, 4) is 0 Å². The van der Waals surface area contributed by atoms with Crippen LogP contribution in [0.5, 0.6) is 0 Å². The van der Waals surface area contributed by atoms with Gasteiger partial charge in [-0.3, -0.25) is 4.99 Å². The van der Waals surface area contributed by atoms with Gasteiger partial charge in [0.25, 0.3) is 0 Å². The van der Waals surface area contributed by atoms with Crippen LogP contribution in [-0.4, -0.2) is 10.3 Å². The maximum absolute atomic E-state index is 4.44. The van der Waals surface area contributed by atoms with Crippen molar-refractivity contribution in [3.05, 3.63) is 12.3 Å². The van der Waals surface area contributed by atoms with Gasteiger partial charge in [-0.2, -0.15) is 0 Å². The minimum atomic E-state index is 0.695. The highest BCUT2D eigenvalue weighted by atomic mass is 32.2. The summed E-state index contributed by atoms with van der Waals surface area (Å²) in [6, 6.07) is 0. The predicted octanol–water partition coefficient (Wildman–Crippen LogP) is 4.78. The van der Waals surface area contributed by atoms with E-state index in [1.165, 1.54) is 50.0 Å². The van der Waals surface area contributed by atoms with Gasteiger partial charge >= 0.3 is 0 Å². The molecule has 1 heterocycles. The Hall–Kier alpha value is -0.240. The van der Waals surface area contributed by atoms with Crippen molar-refractivity contribution in [2.24, 2.45) is 4.99 Å². The third kappa shape index (κ3) is 5.41. The molecule has 15 heavy (non-hydrogen) atoms. The van der Waals surface area contributed by atoms with E-state index in [1.54, 1.807) is 0 Å². The summed E-state index contributed by atoms with van der Waals surface area (Å²) < 4.78 is 0. The van der Waals surface area contributed by atoms with E-state index in [4.69, 9.17) is 0 Å². The minimum Gasteiger partial charge on any atom is -0.255 e. The largest absolute Gasteiger partial charge is 0.255 e. The topological polar surface area (TPSA) is 12.4 Å². The second-order valence-corrected chi connectivity index (χ2v) is 5.43. The van der Waals surface area contributed by atoms with E-state index >= 15 is 0 Å². The minimum absolute atomic E-state index is 0.695. The summed E-state index contributed by atoms with van der Waals surface area (Å²) >= 11 is 1.99. The predicted molar refractivity (Wildman–Crippen MR) is 71.6 cm³/mol. The Morgan fingerprint density at radius 2 is 2.00 bits per heavy atom. The quantitative estimate of drug-likeness (QED) is 0.568. The summed E-state index contributed by atoms with van der Waals surface area (Å²) in [5.41, 5.74) is 0. The van der Waals surface area contributed by atoms with Gasteiger partial charge in [0.1, 0.15) is 0 Å².